The maximum Gasteiger partial charge on any atom is 0.310 e. The molecular formula is C30H32O8. The Morgan fingerprint density at radius 3 is 2.53 bits per heavy atom. The SMILES string of the molecule is CCCOc1ccc2c(c1)C(c1cccc(OC)c1OCCO)C(C(=O)OC)C2c1ccc2c(c1)OCO2. The molecule has 3 unspecified atom stereocenters. The summed E-state index contributed by atoms with van der Waals surface area (Å²) in [6.07, 6.45) is 0.875. The van der Waals surface area contributed by atoms with Gasteiger partial charge in [0, 0.05) is 17.4 Å². The molecule has 1 aliphatic heterocycles. The normalized spacial score (nSPS) is 19.1. The molecule has 3 atom stereocenters. The number of para-hydroxylation sites is 1. The lowest BCUT2D eigenvalue weighted by molar-refractivity contribution is -0.146. The summed E-state index contributed by atoms with van der Waals surface area (Å²) < 4.78 is 34.2. The molecule has 0 saturated carbocycles. The summed E-state index contributed by atoms with van der Waals surface area (Å²) in [7, 11) is 2.97. The Balaban J connectivity index is 1.72. The number of carbonyl (C=O) groups is 1. The van der Waals surface area contributed by atoms with E-state index in [9.17, 15) is 9.90 Å². The first-order valence-corrected chi connectivity index (χ1v) is 12.8. The minimum Gasteiger partial charge on any atom is -0.494 e. The molecule has 0 bridgehead atoms. The zero-order valence-electron chi connectivity index (χ0n) is 21.8. The molecule has 200 valence electrons. The minimum atomic E-state index is -0.611. The van der Waals surface area contributed by atoms with Gasteiger partial charge in [0.05, 0.1) is 33.4 Å². The lowest BCUT2D eigenvalue weighted by Gasteiger charge is -2.26. The first kappa shape index (κ1) is 25.7. The van der Waals surface area contributed by atoms with Gasteiger partial charge in [0.2, 0.25) is 6.79 Å². The molecule has 3 aromatic carbocycles. The van der Waals surface area contributed by atoms with Crippen molar-refractivity contribution in [3.05, 3.63) is 76.9 Å². The van der Waals surface area contributed by atoms with Crippen LogP contribution < -0.4 is 23.7 Å². The summed E-state index contributed by atoms with van der Waals surface area (Å²) in [5, 5.41) is 9.49. The van der Waals surface area contributed by atoms with Crippen LogP contribution in [-0.2, 0) is 9.53 Å². The number of benzene rings is 3. The van der Waals surface area contributed by atoms with Crippen molar-refractivity contribution in [2.75, 3.05) is 40.8 Å². The number of ether oxygens (including phenoxy) is 6. The van der Waals surface area contributed by atoms with Crippen LogP contribution in [0.3, 0.4) is 0 Å². The second kappa shape index (κ2) is 11.2. The van der Waals surface area contributed by atoms with Crippen molar-refractivity contribution >= 4 is 5.97 Å². The average molecular weight is 521 g/mol. The van der Waals surface area contributed by atoms with Gasteiger partial charge in [0.25, 0.3) is 0 Å². The number of hydrogen-bond acceptors (Lipinski definition) is 8. The summed E-state index contributed by atoms with van der Waals surface area (Å²) >= 11 is 0. The molecule has 1 aliphatic carbocycles. The molecule has 0 aromatic heterocycles. The van der Waals surface area contributed by atoms with Crippen molar-refractivity contribution in [3.8, 4) is 28.7 Å². The average Bonchev–Trinajstić information content (AvgIpc) is 3.56. The van der Waals surface area contributed by atoms with Gasteiger partial charge < -0.3 is 33.5 Å². The first-order chi connectivity index (χ1) is 18.6. The van der Waals surface area contributed by atoms with Crippen LogP contribution in [0.25, 0.3) is 0 Å². The Morgan fingerprint density at radius 1 is 0.921 bits per heavy atom. The number of rotatable bonds is 10. The summed E-state index contributed by atoms with van der Waals surface area (Å²) in [6.45, 7) is 2.73. The Bertz CT molecular complexity index is 1300. The topological polar surface area (TPSA) is 92.7 Å². The number of carbonyl (C=O) groups excluding carboxylic acids is 1. The summed E-state index contributed by atoms with van der Waals surface area (Å²) in [5.41, 5.74) is 3.62. The number of esters is 1. The van der Waals surface area contributed by atoms with E-state index in [4.69, 9.17) is 28.4 Å². The van der Waals surface area contributed by atoms with Gasteiger partial charge in [-0.15, -0.1) is 0 Å². The molecule has 8 nitrogen and oxygen atoms in total. The molecular weight excluding hydrogens is 488 g/mol. The molecule has 1 heterocycles. The lowest BCUT2D eigenvalue weighted by Crippen LogP contribution is -2.26. The van der Waals surface area contributed by atoms with E-state index in [1.165, 1.54) is 7.11 Å². The van der Waals surface area contributed by atoms with Gasteiger partial charge in [0.1, 0.15) is 12.4 Å². The number of aliphatic hydroxyl groups excluding tert-OH is 1. The Labute approximate surface area is 222 Å². The maximum absolute atomic E-state index is 13.6. The highest BCUT2D eigenvalue weighted by molar-refractivity contribution is 5.80. The van der Waals surface area contributed by atoms with Crippen LogP contribution in [0.5, 0.6) is 28.7 Å². The van der Waals surface area contributed by atoms with Gasteiger partial charge >= 0.3 is 5.97 Å². The van der Waals surface area contributed by atoms with Gasteiger partial charge in [0.15, 0.2) is 23.0 Å². The van der Waals surface area contributed by atoms with Gasteiger partial charge in [-0.1, -0.05) is 31.2 Å². The monoisotopic (exact) mass is 520 g/mol. The molecule has 38 heavy (non-hydrogen) atoms. The molecule has 1 N–H and O–H groups in total. The zero-order valence-corrected chi connectivity index (χ0v) is 21.8. The van der Waals surface area contributed by atoms with Crippen LogP contribution in [0.1, 0.15) is 47.4 Å². The number of hydrogen-bond donors (Lipinski definition) is 1. The maximum atomic E-state index is 13.6. The van der Waals surface area contributed by atoms with E-state index >= 15 is 0 Å². The molecule has 2 aliphatic rings. The highest BCUT2D eigenvalue weighted by atomic mass is 16.7. The summed E-state index contributed by atoms with van der Waals surface area (Å²) in [4.78, 5) is 13.6. The fourth-order valence-corrected chi connectivity index (χ4v) is 5.50. The molecule has 0 saturated heterocycles. The van der Waals surface area contributed by atoms with Gasteiger partial charge in [-0.05, 0) is 53.4 Å². The van der Waals surface area contributed by atoms with Crippen LogP contribution >= 0.6 is 0 Å². The highest BCUT2D eigenvalue weighted by Gasteiger charge is 2.48. The Kier molecular flexibility index (Phi) is 7.60. The van der Waals surface area contributed by atoms with E-state index in [0.29, 0.717) is 29.6 Å². The van der Waals surface area contributed by atoms with Crippen LogP contribution in [0, 0.1) is 5.92 Å². The third kappa shape index (κ3) is 4.60. The lowest BCUT2D eigenvalue weighted by atomic mass is 9.79. The molecule has 5 rings (SSSR count). The second-order valence-electron chi connectivity index (χ2n) is 9.21. The van der Waals surface area contributed by atoms with Crippen LogP contribution in [0.4, 0.5) is 0 Å². The van der Waals surface area contributed by atoms with Crippen molar-refractivity contribution in [3.63, 3.8) is 0 Å². The number of aliphatic hydroxyl groups is 1. The third-order valence-corrected chi connectivity index (χ3v) is 7.05. The predicted octanol–water partition coefficient (Wildman–Crippen LogP) is 4.65. The zero-order chi connectivity index (χ0) is 26.6. The van der Waals surface area contributed by atoms with E-state index in [1.807, 2.05) is 48.5 Å². The van der Waals surface area contributed by atoms with E-state index in [1.54, 1.807) is 13.2 Å². The van der Waals surface area contributed by atoms with Crippen LogP contribution in [0.2, 0.25) is 0 Å². The first-order valence-electron chi connectivity index (χ1n) is 12.8. The number of methoxy groups -OCH3 is 2. The Morgan fingerprint density at radius 2 is 1.76 bits per heavy atom. The Hall–Kier alpha value is -3.91. The standard InChI is InChI=1S/C30H32O8/c1-4-13-35-19-9-10-20-22(16-19)27(21-6-5-7-24(33-2)29(21)36-14-12-31)28(30(32)34-3)26(20)18-8-11-23-25(15-18)38-17-37-23/h5-11,15-16,26-28,31H,4,12-14,17H2,1-3H3. The number of fused-ring (bicyclic) bond motifs is 2. The quantitative estimate of drug-likeness (QED) is 0.386. The molecule has 0 spiro atoms. The van der Waals surface area contributed by atoms with Crippen molar-refractivity contribution in [1.82, 2.24) is 0 Å². The summed E-state index contributed by atoms with van der Waals surface area (Å²) in [6, 6.07) is 17.4. The van der Waals surface area contributed by atoms with E-state index in [2.05, 4.69) is 6.92 Å². The fraction of sp³-hybridized carbons (Fsp3) is 0.367. The highest BCUT2D eigenvalue weighted by Crippen LogP contribution is 2.56. The largest absolute Gasteiger partial charge is 0.494 e. The minimum absolute atomic E-state index is 0.0844. The summed E-state index contributed by atoms with van der Waals surface area (Å²) in [5.74, 6) is 1.34. The molecule has 0 fully saturated rings. The van der Waals surface area contributed by atoms with Crippen molar-refractivity contribution in [2.24, 2.45) is 5.92 Å². The van der Waals surface area contributed by atoms with Gasteiger partial charge in [-0.25, -0.2) is 0 Å². The van der Waals surface area contributed by atoms with Crippen LogP contribution in [-0.4, -0.2) is 51.9 Å². The van der Waals surface area contributed by atoms with Gasteiger partial charge in [-0.3, -0.25) is 4.79 Å². The second-order valence-corrected chi connectivity index (χ2v) is 9.21. The van der Waals surface area contributed by atoms with Gasteiger partial charge in [-0.2, -0.15) is 0 Å². The smallest absolute Gasteiger partial charge is 0.310 e. The van der Waals surface area contributed by atoms with Crippen LogP contribution in [0.15, 0.2) is 54.6 Å². The molecule has 3 aromatic rings. The third-order valence-electron chi connectivity index (χ3n) is 7.05. The van der Waals surface area contributed by atoms with E-state index in [0.717, 1.165) is 34.4 Å². The predicted molar refractivity (Wildman–Crippen MR) is 140 cm³/mol. The van der Waals surface area contributed by atoms with Crippen molar-refractivity contribution in [1.29, 1.82) is 0 Å². The van der Waals surface area contributed by atoms with E-state index < -0.39 is 11.8 Å². The molecule has 0 radical (unpaired) electrons. The van der Waals surface area contributed by atoms with E-state index in [-0.39, 0.29) is 31.9 Å². The fourth-order valence-electron chi connectivity index (χ4n) is 5.50. The van der Waals surface area contributed by atoms with Crippen molar-refractivity contribution < 1.29 is 38.3 Å². The molecule has 8 heteroatoms. The van der Waals surface area contributed by atoms with Crippen molar-refractivity contribution in [2.45, 2.75) is 25.2 Å². The molecule has 0 amide bonds.